The molecule has 0 aliphatic carbocycles. The summed E-state index contributed by atoms with van der Waals surface area (Å²) >= 11 is 1.82. The van der Waals surface area contributed by atoms with Crippen LogP contribution < -0.4 is 5.32 Å². The molecule has 0 saturated heterocycles. The monoisotopic (exact) mass is 255 g/mol. The van der Waals surface area contributed by atoms with E-state index in [1.807, 2.05) is 18.4 Å². The minimum Gasteiger partial charge on any atom is -0.376 e. The van der Waals surface area contributed by atoms with Gasteiger partial charge >= 0.3 is 0 Å². The Morgan fingerprint density at radius 2 is 2.12 bits per heavy atom. The highest BCUT2D eigenvalue weighted by Crippen LogP contribution is 2.27. The van der Waals surface area contributed by atoms with Crippen molar-refractivity contribution in [2.75, 3.05) is 13.7 Å². The van der Waals surface area contributed by atoms with Gasteiger partial charge in [-0.25, -0.2) is 0 Å². The van der Waals surface area contributed by atoms with Gasteiger partial charge in [0.15, 0.2) is 0 Å². The first-order chi connectivity index (χ1) is 7.99. The van der Waals surface area contributed by atoms with E-state index in [0.717, 1.165) is 13.0 Å². The first-order valence-corrected chi connectivity index (χ1v) is 7.18. The Hall–Kier alpha value is -0.380. The molecule has 1 rings (SSSR count). The average Bonchev–Trinajstić information content (AvgIpc) is 2.74. The van der Waals surface area contributed by atoms with Gasteiger partial charge in [0.1, 0.15) is 0 Å². The smallest absolute Gasteiger partial charge is 0.0779 e. The molecule has 2 unspecified atom stereocenters. The molecule has 3 heteroatoms. The summed E-state index contributed by atoms with van der Waals surface area (Å²) in [5.74, 6) is 0. The van der Waals surface area contributed by atoms with Crippen LogP contribution in [-0.2, 0) is 11.2 Å². The number of rotatable bonds is 6. The minimum atomic E-state index is 0.154. The van der Waals surface area contributed by atoms with Gasteiger partial charge in [0.2, 0.25) is 0 Å². The third-order valence-corrected chi connectivity index (χ3v) is 3.84. The summed E-state index contributed by atoms with van der Waals surface area (Å²) in [6, 6.07) is 4.67. The van der Waals surface area contributed by atoms with Gasteiger partial charge in [-0.2, -0.15) is 0 Å². The Kier molecular flexibility index (Phi) is 5.63. The quantitative estimate of drug-likeness (QED) is 0.842. The van der Waals surface area contributed by atoms with E-state index in [0.29, 0.717) is 6.04 Å². The number of nitrogens with one attached hydrogen (secondary N) is 1. The minimum absolute atomic E-state index is 0.154. The Morgan fingerprint density at radius 1 is 1.41 bits per heavy atom. The molecule has 0 spiro atoms. The lowest BCUT2D eigenvalue weighted by Gasteiger charge is -2.36. The first-order valence-electron chi connectivity index (χ1n) is 6.30. The standard InChI is InChI=1S/C14H25NOS/c1-6-16-13(14(2,3)4)12(15-5)10-11-8-7-9-17-11/h7-9,12-13,15H,6,10H2,1-5H3. The highest BCUT2D eigenvalue weighted by molar-refractivity contribution is 7.09. The molecule has 0 aromatic carbocycles. The molecule has 0 amide bonds. The predicted molar refractivity (Wildman–Crippen MR) is 75.7 cm³/mol. The topological polar surface area (TPSA) is 21.3 Å². The van der Waals surface area contributed by atoms with E-state index in [-0.39, 0.29) is 11.5 Å². The van der Waals surface area contributed by atoms with Gasteiger partial charge in [-0.1, -0.05) is 26.8 Å². The average molecular weight is 255 g/mol. The Morgan fingerprint density at radius 3 is 2.53 bits per heavy atom. The zero-order valence-corrected chi connectivity index (χ0v) is 12.4. The van der Waals surface area contributed by atoms with E-state index in [1.165, 1.54) is 4.88 Å². The van der Waals surface area contributed by atoms with Crippen LogP contribution in [0.15, 0.2) is 17.5 Å². The zero-order valence-electron chi connectivity index (χ0n) is 11.6. The van der Waals surface area contributed by atoms with Crippen molar-refractivity contribution in [3.8, 4) is 0 Å². The van der Waals surface area contributed by atoms with Gasteiger partial charge in [0, 0.05) is 17.5 Å². The normalized spacial score (nSPS) is 15.8. The first kappa shape index (κ1) is 14.7. The largest absolute Gasteiger partial charge is 0.376 e. The molecular formula is C14H25NOS. The molecular weight excluding hydrogens is 230 g/mol. The van der Waals surface area contributed by atoms with Gasteiger partial charge in [-0.3, -0.25) is 0 Å². The van der Waals surface area contributed by atoms with Gasteiger partial charge in [0.25, 0.3) is 0 Å². The van der Waals surface area contributed by atoms with Crippen LogP contribution in [0.5, 0.6) is 0 Å². The van der Waals surface area contributed by atoms with Crippen LogP contribution in [-0.4, -0.2) is 25.8 Å². The number of thiophene rings is 1. The van der Waals surface area contributed by atoms with Crippen molar-refractivity contribution in [1.29, 1.82) is 0 Å². The lowest BCUT2D eigenvalue weighted by molar-refractivity contribution is -0.0339. The van der Waals surface area contributed by atoms with Crippen LogP contribution in [0.4, 0.5) is 0 Å². The molecule has 0 bridgehead atoms. The molecule has 0 radical (unpaired) electrons. The zero-order chi connectivity index (χ0) is 12.9. The predicted octanol–water partition coefficient (Wildman–Crippen LogP) is 3.33. The van der Waals surface area contributed by atoms with E-state index in [9.17, 15) is 0 Å². The summed E-state index contributed by atoms with van der Waals surface area (Å²) in [5, 5.41) is 5.55. The lowest BCUT2D eigenvalue weighted by atomic mass is 9.83. The number of hydrogen-bond acceptors (Lipinski definition) is 3. The fraction of sp³-hybridized carbons (Fsp3) is 0.714. The second-order valence-electron chi connectivity index (χ2n) is 5.42. The maximum Gasteiger partial charge on any atom is 0.0779 e. The second kappa shape index (κ2) is 6.53. The van der Waals surface area contributed by atoms with Crippen LogP contribution in [0.25, 0.3) is 0 Å². The maximum absolute atomic E-state index is 5.95. The van der Waals surface area contributed by atoms with Crippen LogP contribution in [0.1, 0.15) is 32.6 Å². The molecule has 17 heavy (non-hydrogen) atoms. The molecule has 2 nitrogen and oxygen atoms in total. The SMILES string of the molecule is CCOC(C(Cc1cccs1)NC)C(C)(C)C. The van der Waals surface area contributed by atoms with Gasteiger partial charge in [0.05, 0.1) is 6.10 Å². The third-order valence-electron chi connectivity index (χ3n) is 2.94. The van der Waals surface area contributed by atoms with Gasteiger partial charge in [-0.05, 0) is 37.3 Å². The second-order valence-corrected chi connectivity index (χ2v) is 6.45. The lowest BCUT2D eigenvalue weighted by Crippen LogP contribution is -2.48. The van der Waals surface area contributed by atoms with Crippen molar-refractivity contribution in [3.05, 3.63) is 22.4 Å². The molecule has 1 aromatic rings. The maximum atomic E-state index is 5.95. The van der Waals surface area contributed by atoms with Crippen molar-refractivity contribution in [2.24, 2.45) is 5.41 Å². The van der Waals surface area contributed by atoms with Crippen LogP contribution >= 0.6 is 11.3 Å². The summed E-state index contributed by atoms with van der Waals surface area (Å²) in [7, 11) is 2.02. The highest BCUT2D eigenvalue weighted by Gasteiger charge is 2.32. The summed E-state index contributed by atoms with van der Waals surface area (Å²) < 4.78 is 5.95. The van der Waals surface area contributed by atoms with E-state index < -0.39 is 0 Å². The number of likely N-dealkylation sites (N-methyl/N-ethyl adjacent to an activating group) is 1. The fourth-order valence-corrected chi connectivity index (χ4v) is 2.92. The molecule has 0 aliphatic heterocycles. The Labute approximate surface area is 109 Å². The molecule has 1 heterocycles. The van der Waals surface area contributed by atoms with Crippen molar-refractivity contribution in [3.63, 3.8) is 0 Å². The van der Waals surface area contributed by atoms with Crippen LogP contribution in [0.3, 0.4) is 0 Å². The van der Waals surface area contributed by atoms with E-state index >= 15 is 0 Å². The van der Waals surface area contributed by atoms with Crippen molar-refractivity contribution >= 4 is 11.3 Å². The summed E-state index contributed by atoms with van der Waals surface area (Å²) in [6.45, 7) is 9.56. The molecule has 1 aromatic heterocycles. The molecule has 2 atom stereocenters. The van der Waals surface area contributed by atoms with Crippen LogP contribution in [0, 0.1) is 5.41 Å². The Balaban J connectivity index is 2.74. The van der Waals surface area contributed by atoms with Gasteiger partial charge < -0.3 is 10.1 Å². The highest BCUT2D eigenvalue weighted by atomic mass is 32.1. The van der Waals surface area contributed by atoms with E-state index in [4.69, 9.17) is 4.74 Å². The fourth-order valence-electron chi connectivity index (χ4n) is 2.16. The number of hydrogen-bond donors (Lipinski definition) is 1. The van der Waals surface area contributed by atoms with Crippen LogP contribution in [0.2, 0.25) is 0 Å². The third kappa shape index (κ3) is 4.41. The van der Waals surface area contributed by atoms with Crippen molar-refractivity contribution in [2.45, 2.75) is 46.3 Å². The molecule has 1 N–H and O–H groups in total. The molecule has 0 saturated carbocycles. The molecule has 98 valence electrons. The summed E-state index contributed by atoms with van der Waals surface area (Å²) in [6.07, 6.45) is 1.27. The van der Waals surface area contributed by atoms with E-state index in [2.05, 4.69) is 50.5 Å². The Bertz CT molecular complexity index is 303. The van der Waals surface area contributed by atoms with E-state index in [1.54, 1.807) is 0 Å². The number of ether oxygens (including phenoxy) is 1. The van der Waals surface area contributed by atoms with Crippen molar-refractivity contribution < 1.29 is 4.74 Å². The summed E-state index contributed by atoms with van der Waals surface area (Å²) in [5.41, 5.74) is 0.154. The molecule has 0 aliphatic rings. The summed E-state index contributed by atoms with van der Waals surface area (Å²) in [4.78, 5) is 1.42. The van der Waals surface area contributed by atoms with Gasteiger partial charge in [-0.15, -0.1) is 11.3 Å². The molecule has 0 fully saturated rings. The van der Waals surface area contributed by atoms with Crippen molar-refractivity contribution in [1.82, 2.24) is 5.32 Å².